The molecule has 0 aliphatic heterocycles. The zero-order chi connectivity index (χ0) is 16.3. The number of rotatable bonds is 3. The minimum Gasteiger partial charge on any atom is -0.469 e. The Kier molecular flexibility index (Phi) is 3.18. The summed E-state index contributed by atoms with van der Waals surface area (Å²) in [6, 6.07) is 2.59. The van der Waals surface area contributed by atoms with Crippen LogP contribution in [0.15, 0.2) is 18.5 Å². The lowest BCUT2D eigenvalue weighted by Crippen LogP contribution is -2.18. The van der Waals surface area contributed by atoms with Gasteiger partial charge in [-0.25, -0.2) is 13.8 Å². The first-order chi connectivity index (χ1) is 11.0. The standard InChI is InChI=1S/C17H18F2N2O2/c1-8(17(22)23-2)16-10-3-9(4-11(10)16)21-7-20-14-5-12(18)13(19)6-15(14)21/h5-11,16H,3-4H2,1-2H3/t8?,9-,10-,11+,16-. The maximum absolute atomic E-state index is 13.5. The molecular weight excluding hydrogens is 302 g/mol. The van der Waals surface area contributed by atoms with Crippen molar-refractivity contribution >= 4 is 17.0 Å². The second-order valence-electron chi connectivity index (χ2n) is 6.75. The van der Waals surface area contributed by atoms with Gasteiger partial charge in [-0.05, 0) is 30.6 Å². The number of nitrogens with zero attached hydrogens (tertiary/aromatic N) is 2. The summed E-state index contributed by atoms with van der Waals surface area (Å²) in [5, 5.41) is 0. The van der Waals surface area contributed by atoms with Crippen molar-refractivity contribution in [3.63, 3.8) is 0 Å². The maximum atomic E-state index is 13.5. The molecule has 4 nitrogen and oxygen atoms in total. The molecule has 2 aliphatic carbocycles. The third-order valence-corrected chi connectivity index (χ3v) is 5.65. The smallest absolute Gasteiger partial charge is 0.308 e. The van der Waals surface area contributed by atoms with E-state index in [1.807, 2.05) is 11.5 Å². The Morgan fingerprint density at radius 3 is 2.61 bits per heavy atom. The number of fused-ring (bicyclic) bond motifs is 2. The first-order valence-corrected chi connectivity index (χ1v) is 7.90. The van der Waals surface area contributed by atoms with Crippen molar-refractivity contribution < 1.29 is 18.3 Å². The number of benzene rings is 1. The molecule has 0 amide bonds. The second-order valence-corrected chi connectivity index (χ2v) is 6.75. The van der Waals surface area contributed by atoms with E-state index in [1.54, 1.807) is 6.33 Å². The van der Waals surface area contributed by atoms with Crippen LogP contribution in [0.4, 0.5) is 8.78 Å². The highest BCUT2D eigenvalue weighted by molar-refractivity contribution is 5.75. The molecule has 0 saturated heterocycles. The predicted molar refractivity (Wildman–Crippen MR) is 79.6 cm³/mol. The molecule has 2 aliphatic rings. The topological polar surface area (TPSA) is 44.1 Å². The van der Waals surface area contributed by atoms with Gasteiger partial charge in [0.25, 0.3) is 0 Å². The predicted octanol–water partition coefficient (Wildman–Crippen LogP) is 3.32. The fourth-order valence-electron chi connectivity index (χ4n) is 4.49. The highest BCUT2D eigenvalue weighted by Gasteiger charge is 2.59. The van der Waals surface area contributed by atoms with E-state index in [-0.39, 0.29) is 17.9 Å². The minimum atomic E-state index is -0.871. The van der Waals surface area contributed by atoms with Gasteiger partial charge in [-0.1, -0.05) is 6.92 Å². The van der Waals surface area contributed by atoms with Gasteiger partial charge in [-0.3, -0.25) is 4.79 Å². The molecule has 1 heterocycles. The average molecular weight is 320 g/mol. The maximum Gasteiger partial charge on any atom is 0.308 e. The van der Waals surface area contributed by atoms with E-state index in [1.165, 1.54) is 13.2 Å². The van der Waals surface area contributed by atoms with E-state index < -0.39 is 11.6 Å². The Morgan fingerprint density at radius 2 is 1.96 bits per heavy atom. The Labute approximate surface area is 132 Å². The fraction of sp³-hybridized carbons (Fsp3) is 0.529. The summed E-state index contributed by atoms with van der Waals surface area (Å²) < 4.78 is 33.6. The molecule has 1 unspecified atom stereocenters. The zero-order valence-corrected chi connectivity index (χ0v) is 13.0. The lowest BCUT2D eigenvalue weighted by Gasteiger charge is -2.19. The highest BCUT2D eigenvalue weighted by Crippen LogP contribution is 2.64. The van der Waals surface area contributed by atoms with Crippen LogP contribution in [0, 0.1) is 35.3 Å². The summed E-state index contributed by atoms with van der Waals surface area (Å²) in [6.45, 7) is 1.93. The molecule has 0 spiro atoms. The summed E-state index contributed by atoms with van der Waals surface area (Å²) in [6.07, 6.45) is 3.56. The van der Waals surface area contributed by atoms with Gasteiger partial charge in [-0.15, -0.1) is 0 Å². The molecule has 6 heteroatoms. The van der Waals surface area contributed by atoms with Crippen LogP contribution in [-0.2, 0) is 9.53 Å². The zero-order valence-electron chi connectivity index (χ0n) is 13.0. The van der Waals surface area contributed by atoms with Gasteiger partial charge >= 0.3 is 5.97 Å². The number of hydrogen-bond acceptors (Lipinski definition) is 3. The lowest BCUT2D eigenvalue weighted by atomic mass is 9.97. The van der Waals surface area contributed by atoms with Crippen LogP contribution < -0.4 is 0 Å². The molecule has 0 N–H and O–H groups in total. The van der Waals surface area contributed by atoms with Crippen molar-refractivity contribution in [2.45, 2.75) is 25.8 Å². The first-order valence-electron chi connectivity index (χ1n) is 7.90. The lowest BCUT2D eigenvalue weighted by molar-refractivity contribution is -0.145. The Bertz CT molecular complexity index is 776. The van der Waals surface area contributed by atoms with Gasteiger partial charge in [0, 0.05) is 18.2 Å². The van der Waals surface area contributed by atoms with E-state index in [0.717, 1.165) is 18.9 Å². The minimum absolute atomic E-state index is 0.0676. The van der Waals surface area contributed by atoms with Gasteiger partial charge < -0.3 is 9.30 Å². The largest absolute Gasteiger partial charge is 0.469 e. The molecule has 2 aromatic rings. The average Bonchev–Trinajstić information content (AvgIpc) is 2.87. The number of imidazole rings is 1. The van der Waals surface area contributed by atoms with E-state index >= 15 is 0 Å². The van der Waals surface area contributed by atoms with E-state index in [2.05, 4.69) is 4.98 Å². The van der Waals surface area contributed by atoms with Gasteiger partial charge in [0.05, 0.1) is 30.4 Å². The summed E-state index contributed by atoms with van der Waals surface area (Å²) in [5.41, 5.74) is 1.11. The molecule has 1 aromatic carbocycles. The van der Waals surface area contributed by atoms with Gasteiger partial charge in [0.1, 0.15) is 0 Å². The van der Waals surface area contributed by atoms with Crippen LogP contribution in [-0.4, -0.2) is 22.6 Å². The number of ether oxygens (including phenoxy) is 1. The molecule has 4 rings (SSSR count). The van der Waals surface area contributed by atoms with Crippen LogP contribution >= 0.6 is 0 Å². The van der Waals surface area contributed by atoms with Gasteiger partial charge in [-0.2, -0.15) is 0 Å². The monoisotopic (exact) mass is 320 g/mol. The van der Waals surface area contributed by atoms with Crippen molar-refractivity contribution in [2.75, 3.05) is 7.11 Å². The number of aromatic nitrogens is 2. The number of carbonyl (C=O) groups excluding carboxylic acids is 1. The van der Waals surface area contributed by atoms with Crippen molar-refractivity contribution in [2.24, 2.45) is 23.7 Å². The molecule has 1 aromatic heterocycles. The number of halogens is 2. The fourth-order valence-corrected chi connectivity index (χ4v) is 4.49. The molecule has 2 saturated carbocycles. The molecule has 122 valence electrons. The van der Waals surface area contributed by atoms with E-state index in [9.17, 15) is 13.6 Å². The Balaban J connectivity index is 1.53. The van der Waals surface area contributed by atoms with Crippen molar-refractivity contribution in [3.05, 3.63) is 30.1 Å². The third kappa shape index (κ3) is 2.15. The van der Waals surface area contributed by atoms with E-state index in [0.29, 0.717) is 28.8 Å². The molecule has 23 heavy (non-hydrogen) atoms. The van der Waals surface area contributed by atoms with Crippen LogP contribution in [0.5, 0.6) is 0 Å². The molecule has 0 bridgehead atoms. The normalized spacial score (nSPS) is 30.3. The van der Waals surface area contributed by atoms with E-state index in [4.69, 9.17) is 4.74 Å². The van der Waals surface area contributed by atoms with Crippen LogP contribution in [0.1, 0.15) is 25.8 Å². The SMILES string of the molecule is COC(=O)C(C)[C@@H]1[C@@H]2C[C@@H](n3cnc4cc(F)c(F)cc43)C[C@@H]21. The Hall–Kier alpha value is -1.98. The quantitative estimate of drug-likeness (QED) is 0.815. The molecule has 5 atom stereocenters. The van der Waals surface area contributed by atoms with Crippen LogP contribution in [0.2, 0.25) is 0 Å². The van der Waals surface area contributed by atoms with Crippen LogP contribution in [0.25, 0.3) is 11.0 Å². The number of esters is 1. The number of hydrogen-bond donors (Lipinski definition) is 0. The highest BCUT2D eigenvalue weighted by atomic mass is 19.2. The summed E-state index contributed by atoms with van der Waals surface area (Å²) in [7, 11) is 1.42. The number of carbonyl (C=O) groups is 1. The first kappa shape index (κ1) is 14.6. The molecule has 0 radical (unpaired) electrons. The molecule has 2 fully saturated rings. The van der Waals surface area contributed by atoms with Gasteiger partial charge in [0.15, 0.2) is 11.6 Å². The molecular formula is C17H18F2N2O2. The number of methoxy groups -OCH3 is 1. The van der Waals surface area contributed by atoms with Crippen LogP contribution in [0.3, 0.4) is 0 Å². The summed E-state index contributed by atoms with van der Waals surface area (Å²) in [5.74, 6) is -0.520. The summed E-state index contributed by atoms with van der Waals surface area (Å²) >= 11 is 0. The third-order valence-electron chi connectivity index (χ3n) is 5.65. The van der Waals surface area contributed by atoms with Crippen molar-refractivity contribution in [3.8, 4) is 0 Å². The second kappa shape index (κ2) is 5.01. The van der Waals surface area contributed by atoms with Gasteiger partial charge in [0.2, 0.25) is 0 Å². The summed E-state index contributed by atoms with van der Waals surface area (Å²) in [4.78, 5) is 15.8. The van der Waals surface area contributed by atoms with Crippen molar-refractivity contribution in [1.82, 2.24) is 9.55 Å². The van der Waals surface area contributed by atoms with Crippen molar-refractivity contribution in [1.29, 1.82) is 0 Å². The Morgan fingerprint density at radius 1 is 1.30 bits per heavy atom.